The molecule has 1 aromatic carbocycles. The van der Waals surface area contributed by atoms with Crippen LogP contribution in [0.4, 0.5) is 0 Å². The number of nitrogens with zero attached hydrogens (tertiary/aromatic N) is 1. The topological polar surface area (TPSA) is 52.6 Å². The Labute approximate surface area is 120 Å². The third-order valence-corrected chi connectivity index (χ3v) is 3.97. The van der Waals surface area contributed by atoms with E-state index in [0.29, 0.717) is 5.92 Å². The molecule has 0 radical (unpaired) electrons. The van der Waals surface area contributed by atoms with Gasteiger partial charge in [-0.1, -0.05) is 24.3 Å². The van der Waals surface area contributed by atoms with Crippen molar-refractivity contribution >= 4 is 5.97 Å². The minimum absolute atomic E-state index is 0.0638. The standard InChI is InChI=1S/C16H24N2O2/c1-13-5-2-3-7-15(13)12-18-8-4-6-14(11-18)9-17-10-16(19)20/h2-3,5,7,14,17H,4,6,8-12H2,1H3,(H,19,20). The van der Waals surface area contributed by atoms with Crippen LogP contribution in [0.3, 0.4) is 0 Å². The first-order valence-corrected chi connectivity index (χ1v) is 7.34. The number of likely N-dealkylation sites (tertiary alicyclic amines) is 1. The highest BCUT2D eigenvalue weighted by molar-refractivity contribution is 5.68. The average molecular weight is 276 g/mol. The lowest BCUT2D eigenvalue weighted by molar-refractivity contribution is -0.136. The molecular formula is C16H24N2O2. The third kappa shape index (κ3) is 4.62. The van der Waals surface area contributed by atoms with Gasteiger partial charge in [0.1, 0.15) is 0 Å². The fourth-order valence-electron chi connectivity index (χ4n) is 2.87. The van der Waals surface area contributed by atoms with Gasteiger partial charge in [0, 0.05) is 13.1 Å². The molecule has 110 valence electrons. The van der Waals surface area contributed by atoms with E-state index in [9.17, 15) is 4.79 Å². The summed E-state index contributed by atoms with van der Waals surface area (Å²) in [4.78, 5) is 13.0. The van der Waals surface area contributed by atoms with Crippen LogP contribution >= 0.6 is 0 Å². The van der Waals surface area contributed by atoms with Gasteiger partial charge in [-0.2, -0.15) is 0 Å². The van der Waals surface area contributed by atoms with Crippen molar-refractivity contribution in [3.05, 3.63) is 35.4 Å². The Kier molecular flexibility index (Phi) is 5.56. The van der Waals surface area contributed by atoms with Gasteiger partial charge in [-0.15, -0.1) is 0 Å². The van der Waals surface area contributed by atoms with Crippen molar-refractivity contribution in [2.75, 3.05) is 26.2 Å². The lowest BCUT2D eigenvalue weighted by Crippen LogP contribution is -2.40. The van der Waals surface area contributed by atoms with E-state index in [1.807, 2.05) is 0 Å². The zero-order valence-corrected chi connectivity index (χ0v) is 12.1. The number of rotatable bonds is 6. The number of piperidine rings is 1. The van der Waals surface area contributed by atoms with Crippen LogP contribution in [0, 0.1) is 12.8 Å². The van der Waals surface area contributed by atoms with Crippen molar-refractivity contribution in [1.29, 1.82) is 0 Å². The van der Waals surface area contributed by atoms with Gasteiger partial charge in [0.15, 0.2) is 0 Å². The van der Waals surface area contributed by atoms with Gasteiger partial charge in [-0.05, 0) is 49.9 Å². The molecule has 0 amide bonds. The Morgan fingerprint density at radius 2 is 2.25 bits per heavy atom. The number of hydrogen-bond donors (Lipinski definition) is 2. The minimum atomic E-state index is -0.780. The van der Waals surface area contributed by atoms with Crippen molar-refractivity contribution < 1.29 is 9.90 Å². The summed E-state index contributed by atoms with van der Waals surface area (Å²) < 4.78 is 0. The lowest BCUT2D eigenvalue weighted by atomic mass is 9.97. The fourth-order valence-corrected chi connectivity index (χ4v) is 2.87. The Morgan fingerprint density at radius 3 is 3.00 bits per heavy atom. The number of benzene rings is 1. The molecule has 1 saturated heterocycles. The maximum Gasteiger partial charge on any atom is 0.317 e. The molecule has 4 nitrogen and oxygen atoms in total. The zero-order chi connectivity index (χ0) is 14.4. The maximum absolute atomic E-state index is 10.5. The van der Waals surface area contributed by atoms with Crippen LogP contribution in [0.1, 0.15) is 24.0 Å². The van der Waals surface area contributed by atoms with E-state index in [0.717, 1.165) is 26.2 Å². The summed E-state index contributed by atoms with van der Waals surface area (Å²) in [5.74, 6) is -0.218. The highest BCUT2D eigenvalue weighted by atomic mass is 16.4. The Hall–Kier alpha value is -1.39. The van der Waals surface area contributed by atoms with Gasteiger partial charge in [-0.3, -0.25) is 9.69 Å². The van der Waals surface area contributed by atoms with Gasteiger partial charge in [0.05, 0.1) is 6.54 Å². The molecule has 1 fully saturated rings. The number of aryl methyl sites for hydroxylation is 1. The van der Waals surface area contributed by atoms with E-state index in [2.05, 4.69) is 41.4 Å². The van der Waals surface area contributed by atoms with Crippen LogP contribution in [0.25, 0.3) is 0 Å². The molecule has 4 heteroatoms. The highest BCUT2D eigenvalue weighted by Crippen LogP contribution is 2.19. The van der Waals surface area contributed by atoms with Gasteiger partial charge in [0.25, 0.3) is 0 Å². The second kappa shape index (κ2) is 7.41. The quantitative estimate of drug-likeness (QED) is 0.833. The number of nitrogens with one attached hydrogen (secondary N) is 1. The number of aliphatic carboxylic acids is 1. The summed E-state index contributed by atoms with van der Waals surface area (Å²) in [6.07, 6.45) is 2.39. The minimum Gasteiger partial charge on any atom is -0.480 e. The Balaban J connectivity index is 1.81. The molecule has 1 heterocycles. The fraction of sp³-hybridized carbons (Fsp3) is 0.562. The second-order valence-corrected chi connectivity index (χ2v) is 5.69. The second-order valence-electron chi connectivity index (χ2n) is 5.69. The molecule has 1 unspecified atom stereocenters. The zero-order valence-electron chi connectivity index (χ0n) is 12.1. The molecule has 20 heavy (non-hydrogen) atoms. The largest absolute Gasteiger partial charge is 0.480 e. The molecule has 1 aliphatic heterocycles. The molecule has 1 atom stereocenters. The van der Waals surface area contributed by atoms with Crippen molar-refractivity contribution in [2.24, 2.45) is 5.92 Å². The van der Waals surface area contributed by atoms with Crippen LogP contribution in [0.15, 0.2) is 24.3 Å². The van der Waals surface area contributed by atoms with E-state index in [1.54, 1.807) is 0 Å². The summed E-state index contributed by atoms with van der Waals surface area (Å²) in [6, 6.07) is 8.53. The first-order valence-electron chi connectivity index (χ1n) is 7.34. The molecular weight excluding hydrogens is 252 g/mol. The van der Waals surface area contributed by atoms with Gasteiger partial charge in [-0.25, -0.2) is 0 Å². The number of carbonyl (C=O) groups is 1. The first-order chi connectivity index (χ1) is 9.65. The predicted octanol–water partition coefficient (Wildman–Crippen LogP) is 1.88. The number of hydrogen-bond acceptors (Lipinski definition) is 3. The molecule has 0 aromatic heterocycles. The Morgan fingerprint density at radius 1 is 1.45 bits per heavy atom. The number of carboxylic acids is 1. The van der Waals surface area contributed by atoms with Crippen LogP contribution in [0.5, 0.6) is 0 Å². The molecule has 0 saturated carbocycles. The summed E-state index contributed by atoms with van der Waals surface area (Å²) in [5.41, 5.74) is 2.74. The molecule has 0 spiro atoms. The molecule has 0 bridgehead atoms. The van der Waals surface area contributed by atoms with Gasteiger partial charge in [0.2, 0.25) is 0 Å². The van der Waals surface area contributed by atoms with Crippen LogP contribution < -0.4 is 5.32 Å². The predicted molar refractivity (Wildman–Crippen MR) is 79.7 cm³/mol. The van der Waals surface area contributed by atoms with Crippen molar-refractivity contribution in [3.63, 3.8) is 0 Å². The molecule has 1 aromatic rings. The molecule has 2 rings (SSSR count). The van der Waals surface area contributed by atoms with E-state index in [1.165, 1.54) is 24.0 Å². The van der Waals surface area contributed by atoms with Crippen molar-refractivity contribution in [2.45, 2.75) is 26.3 Å². The summed E-state index contributed by atoms with van der Waals surface area (Å²) in [6.45, 7) is 6.23. The summed E-state index contributed by atoms with van der Waals surface area (Å²) >= 11 is 0. The first kappa shape index (κ1) is 15.0. The van der Waals surface area contributed by atoms with E-state index in [-0.39, 0.29) is 6.54 Å². The molecule has 2 N–H and O–H groups in total. The average Bonchev–Trinajstić information content (AvgIpc) is 2.41. The maximum atomic E-state index is 10.5. The lowest BCUT2D eigenvalue weighted by Gasteiger charge is -2.33. The summed E-state index contributed by atoms with van der Waals surface area (Å²) in [5, 5.41) is 11.7. The SMILES string of the molecule is Cc1ccccc1CN1CCCC(CNCC(=O)O)C1. The van der Waals surface area contributed by atoms with Gasteiger partial charge < -0.3 is 10.4 Å². The normalized spacial score (nSPS) is 19.9. The van der Waals surface area contributed by atoms with Crippen molar-refractivity contribution in [1.82, 2.24) is 10.2 Å². The highest BCUT2D eigenvalue weighted by Gasteiger charge is 2.20. The van der Waals surface area contributed by atoms with E-state index >= 15 is 0 Å². The molecule has 0 aliphatic carbocycles. The van der Waals surface area contributed by atoms with Crippen LogP contribution in [0.2, 0.25) is 0 Å². The summed E-state index contributed by atoms with van der Waals surface area (Å²) in [7, 11) is 0. The van der Waals surface area contributed by atoms with Crippen LogP contribution in [-0.4, -0.2) is 42.2 Å². The van der Waals surface area contributed by atoms with E-state index in [4.69, 9.17) is 5.11 Å². The molecule has 1 aliphatic rings. The van der Waals surface area contributed by atoms with Crippen LogP contribution in [-0.2, 0) is 11.3 Å². The van der Waals surface area contributed by atoms with Crippen molar-refractivity contribution in [3.8, 4) is 0 Å². The smallest absolute Gasteiger partial charge is 0.317 e. The number of carboxylic acid groups (broad SMARTS) is 1. The van der Waals surface area contributed by atoms with E-state index < -0.39 is 5.97 Å². The third-order valence-electron chi connectivity index (χ3n) is 3.97. The monoisotopic (exact) mass is 276 g/mol. The Bertz CT molecular complexity index is 448. The van der Waals surface area contributed by atoms with Gasteiger partial charge >= 0.3 is 5.97 Å².